The van der Waals surface area contributed by atoms with Crippen LogP contribution in [0.2, 0.25) is 0 Å². The Morgan fingerprint density at radius 3 is 1.82 bits per heavy atom. The summed E-state index contributed by atoms with van der Waals surface area (Å²) in [6.07, 6.45) is 5.92. The van der Waals surface area contributed by atoms with Crippen LogP contribution in [0.1, 0.15) is 27.2 Å². The molecular formula is C9H19NP+. The molecule has 0 radical (unpaired) electrons. The van der Waals surface area contributed by atoms with Crippen LogP contribution in [-0.2, 0) is 0 Å². The van der Waals surface area contributed by atoms with Gasteiger partial charge in [0.05, 0.1) is 37.1 Å². The molecule has 0 N–H and O–H groups in total. The Labute approximate surface area is 71.1 Å². The lowest BCUT2D eigenvalue weighted by molar-refractivity contribution is 1.16. The molecule has 64 valence electrons. The van der Waals surface area contributed by atoms with E-state index in [0.717, 1.165) is 6.42 Å². The fraction of sp³-hybridized carbons (Fsp3) is 0.889. The monoisotopic (exact) mass is 172 g/mol. The Kier molecular flexibility index (Phi) is 5.51. The van der Waals surface area contributed by atoms with Gasteiger partial charge in [-0.3, -0.25) is 0 Å². The standard InChI is InChI=1S/C9H19NP/c1-4-11(5-2,6-3)9-7-8-10/h4-7,9H2,1-3H3/q+1. The zero-order valence-electron chi connectivity index (χ0n) is 7.93. The molecule has 0 aliphatic carbocycles. The van der Waals surface area contributed by atoms with Gasteiger partial charge in [-0.2, -0.15) is 5.26 Å². The molecule has 0 aromatic rings. The number of hydrogen-bond donors (Lipinski definition) is 0. The van der Waals surface area contributed by atoms with E-state index in [1.165, 1.54) is 24.6 Å². The first kappa shape index (κ1) is 10.9. The molecule has 0 spiro atoms. The second-order valence-electron chi connectivity index (χ2n) is 2.92. The molecule has 1 nitrogen and oxygen atoms in total. The second kappa shape index (κ2) is 5.56. The summed E-state index contributed by atoms with van der Waals surface area (Å²) >= 11 is 0. The van der Waals surface area contributed by atoms with E-state index in [1.54, 1.807) is 0 Å². The molecule has 0 bridgehead atoms. The smallest absolute Gasteiger partial charge is 0.0724 e. The minimum absolute atomic E-state index is 0.678. The van der Waals surface area contributed by atoms with Crippen molar-refractivity contribution < 1.29 is 0 Å². The SMILES string of the molecule is CC[P+](CC)(CC)CCC#N. The highest BCUT2D eigenvalue weighted by atomic mass is 31.2. The van der Waals surface area contributed by atoms with Gasteiger partial charge in [-0.15, -0.1) is 0 Å². The molecule has 11 heavy (non-hydrogen) atoms. The lowest BCUT2D eigenvalue weighted by Gasteiger charge is -2.21. The number of nitriles is 1. The maximum atomic E-state index is 8.48. The minimum atomic E-state index is -0.678. The lowest BCUT2D eigenvalue weighted by atomic mass is 10.6. The summed E-state index contributed by atoms with van der Waals surface area (Å²) in [6.45, 7) is 6.83. The van der Waals surface area contributed by atoms with E-state index in [9.17, 15) is 0 Å². The van der Waals surface area contributed by atoms with E-state index in [1.807, 2.05) is 0 Å². The topological polar surface area (TPSA) is 23.8 Å². The summed E-state index contributed by atoms with van der Waals surface area (Å²) in [5, 5.41) is 8.48. The molecule has 0 amide bonds. The number of hydrogen-bond acceptors (Lipinski definition) is 1. The first-order valence-electron chi connectivity index (χ1n) is 4.46. The Morgan fingerprint density at radius 1 is 1.09 bits per heavy atom. The number of rotatable bonds is 5. The van der Waals surface area contributed by atoms with E-state index in [-0.39, 0.29) is 0 Å². The molecular weight excluding hydrogens is 153 g/mol. The molecule has 0 aromatic heterocycles. The van der Waals surface area contributed by atoms with Crippen LogP contribution in [0.5, 0.6) is 0 Å². The molecule has 0 unspecified atom stereocenters. The van der Waals surface area contributed by atoms with Crippen LogP contribution >= 0.6 is 7.26 Å². The van der Waals surface area contributed by atoms with Crippen molar-refractivity contribution in [2.75, 3.05) is 24.6 Å². The van der Waals surface area contributed by atoms with Crippen LogP contribution in [0.4, 0.5) is 0 Å². The first-order valence-corrected chi connectivity index (χ1v) is 6.99. The van der Waals surface area contributed by atoms with Crippen molar-refractivity contribution in [3.63, 3.8) is 0 Å². The Bertz CT molecular complexity index is 125. The third kappa shape index (κ3) is 3.21. The van der Waals surface area contributed by atoms with Crippen molar-refractivity contribution >= 4 is 7.26 Å². The quantitative estimate of drug-likeness (QED) is 0.585. The van der Waals surface area contributed by atoms with E-state index >= 15 is 0 Å². The summed E-state index contributed by atoms with van der Waals surface area (Å²) in [6, 6.07) is 2.25. The molecule has 2 heteroatoms. The maximum Gasteiger partial charge on any atom is 0.0724 e. The van der Waals surface area contributed by atoms with Gasteiger partial charge in [0.25, 0.3) is 0 Å². The molecule has 0 atom stereocenters. The average molecular weight is 172 g/mol. The fourth-order valence-electron chi connectivity index (χ4n) is 1.43. The van der Waals surface area contributed by atoms with Gasteiger partial charge in [-0.25, -0.2) is 0 Å². The van der Waals surface area contributed by atoms with Crippen molar-refractivity contribution in [2.24, 2.45) is 0 Å². The Balaban J connectivity index is 3.96. The molecule has 0 fully saturated rings. The van der Waals surface area contributed by atoms with Gasteiger partial charge >= 0.3 is 0 Å². The predicted molar refractivity (Wildman–Crippen MR) is 53.6 cm³/mol. The zero-order valence-corrected chi connectivity index (χ0v) is 8.82. The fourth-order valence-corrected chi connectivity index (χ4v) is 4.30. The van der Waals surface area contributed by atoms with Crippen molar-refractivity contribution in [3.05, 3.63) is 0 Å². The summed E-state index contributed by atoms with van der Waals surface area (Å²) < 4.78 is 0. The summed E-state index contributed by atoms with van der Waals surface area (Å²) in [7, 11) is -0.678. The highest BCUT2D eigenvalue weighted by molar-refractivity contribution is 7.75. The van der Waals surface area contributed by atoms with Crippen molar-refractivity contribution in [2.45, 2.75) is 27.2 Å². The highest BCUT2D eigenvalue weighted by Gasteiger charge is 2.29. The normalized spacial score (nSPS) is 11.1. The molecule has 0 saturated carbocycles. The molecule has 0 heterocycles. The van der Waals surface area contributed by atoms with Crippen molar-refractivity contribution in [3.8, 4) is 6.07 Å². The molecule has 0 aliphatic heterocycles. The average Bonchev–Trinajstić information content (AvgIpc) is 2.08. The Morgan fingerprint density at radius 2 is 1.55 bits per heavy atom. The van der Waals surface area contributed by atoms with Gasteiger partial charge < -0.3 is 0 Å². The van der Waals surface area contributed by atoms with Gasteiger partial charge in [-0.05, 0) is 20.8 Å². The summed E-state index contributed by atoms with van der Waals surface area (Å²) in [5.74, 6) is 0. The van der Waals surface area contributed by atoms with Crippen LogP contribution in [0, 0.1) is 11.3 Å². The van der Waals surface area contributed by atoms with E-state index in [4.69, 9.17) is 5.26 Å². The van der Waals surface area contributed by atoms with Crippen molar-refractivity contribution in [1.82, 2.24) is 0 Å². The second-order valence-corrected chi connectivity index (χ2v) is 7.95. The van der Waals surface area contributed by atoms with Gasteiger partial charge in [-0.1, -0.05) is 0 Å². The largest absolute Gasteiger partial charge is 0.198 e. The molecule has 0 rings (SSSR count). The summed E-state index contributed by atoms with van der Waals surface area (Å²) in [4.78, 5) is 0. The van der Waals surface area contributed by atoms with E-state index in [2.05, 4.69) is 26.8 Å². The number of nitrogens with zero attached hydrogens (tertiary/aromatic N) is 1. The highest BCUT2D eigenvalue weighted by Crippen LogP contribution is 2.57. The van der Waals surface area contributed by atoms with Gasteiger partial charge in [0.15, 0.2) is 0 Å². The van der Waals surface area contributed by atoms with Crippen LogP contribution in [0.15, 0.2) is 0 Å². The van der Waals surface area contributed by atoms with E-state index < -0.39 is 7.26 Å². The third-order valence-electron chi connectivity index (χ3n) is 2.71. The third-order valence-corrected chi connectivity index (χ3v) is 7.91. The predicted octanol–water partition coefficient (Wildman–Crippen LogP) is 2.98. The molecule has 0 aromatic carbocycles. The Hall–Kier alpha value is -0.0800. The first-order chi connectivity index (χ1) is 5.24. The maximum absolute atomic E-state index is 8.48. The molecule has 0 saturated heterocycles. The van der Waals surface area contributed by atoms with Gasteiger partial charge in [0, 0.05) is 7.26 Å². The zero-order chi connectivity index (χ0) is 8.74. The molecule has 0 aliphatic rings. The van der Waals surface area contributed by atoms with Crippen LogP contribution in [0.3, 0.4) is 0 Å². The minimum Gasteiger partial charge on any atom is -0.198 e. The van der Waals surface area contributed by atoms with Crippen molar-refractivity contribution in [1.29, 1.82) is 5.26 Å². The van der Waals surface area contributed by atoms with Crippen LogP contribution in [0.25, 0.3) is 0 Å². The van der Waals surface area contributed by atoms with Gasteiger partial charge in [0.1, 0.15) is 0 Å². The van der Waals surface area contributed by atoms with E-state index in [0.29, 0.717) is 0 Å². The van der Waals surface area contributed by atoms with Crippen LogP contribution in [-0.4, -0.2) is 24.6 Å². The van der Waals surface area contributed by atoms with Crippen LogP contribution < -0.4 is 0 Å². The van der Waals surface area contributed by atoms with Gasteiger partial charge in [0.2, 0.25) is 0 Å². The summed E-state index contributed by atoms with van der Waals surface area (Å²) in [5.41, 5.74) is 0. The lowest BCUT2D eigenvalue weighted by Crippen LogP contribution is -2.06.